The maximum atomic E-state index is 12.1. The molecule has 6 nitrogen and oxygen atoms in total. The van der Waals surface area contributed by atoms with Gasteiger partial charge in [0.15, 0.2) is 6.79 Å². The molecule has 0 spiro atoms. The summed E-state index contributed by atoms with van der Waals surface area (Å²) in [5, 5.41) is 3.02. The second kappa shape index (κ2) is 18.5. The quantitative estimate of drug-likeness (QED) is 0.151. The zero-order valence-corrected chi connectivity index (χ0v) is 21.1. The SMILES string of the molecule is COCOC(=O)CCCCCCCCCCC(=O)NCCc1ccc(OCc2ccccc2)cc1. The van der Waals surface area contributed by atoms with Crippen molar-refractivity contribution in [3.8, 4) is 5.75 Å². The number of carbonyl (C=O) groups excluding carboxylic acids is 2. The van der Waals surface area contributed by atoms with Gasteiger partial charge in [0.2, 0.25) is 5.91 Å². The number of nitrogens with one attached hydrogen (secondary N) is 1. The molecule has 0 aromatic heterocycles. The third-order valence-corrected chi connectivity index (χ3v) is 5.78. The lowest BCUT2D eigenvalue weighted by atomic mass is 10.1. The topological polar surface area (TPSA) is 73.9 Å². The second-order valence-electron chi connectivity index (χ2n) is 8.77. The Bertz CT molecular complexity index is 823. The van der Waals surface area contributed by atoms with Gasteiger partial charge in [0.05, 0.1) is 0 Å². The van der Waals surface area contributed by atoms with Crippen LogP contribution in [0.3, 0.4) is 0 Å². The Kier molecular flexibility index (Phi) is 15.0. The van der Waals surface area contributed by atoms with Gasteiger partial charge in [-0.05, 0) is 42.5 Å². The van der Waals surface area contributed by atoms with E-state index >= 15 is 0 Å². The molecule has 0 saturated heterocycles. The van der Waals surface area contributed by atoms with Gasteiger partial charge in [-0.2, -0.15) is 0 Å². The van der Waals surface area contributed by atoms with Gasteiger partial charge in [0.1, 0.15) is 12.4 Å². The smallest absolute Gasteiger partial charge is 0.307 e. The van der Waals surface area contributed by atoms with E-state index in [1.54, 1.807) is 0 Å². The molecule has 1 N–H and O–H groups in total. The number of methoxy groups -OCH3 is 1. The zero-order valence-electron chi connectivity index (χ0n) is 21.1. The van der Waals surface area contributed by atoms with Crippen LogP contribution in [-0.4, -0.2) is 32.3 Å². The number of esters is 1. The van der Waals surface area contributed by atoms with Gasteiger partial charge in [-0.15, -0.1) is 0 Å². The van der Waals surface area contributed by atoms with E-state index < -0.39 is 0 Å². The molecule has 0 unspecified atom stereocenters. The van der Waals surface area contributed by atoms with Crippen LogP contribution in [-0.2, 0) is 32.1 Å². The Morgan fingerprint density at radius 2 is 1.37 bits per heavy atom. The minimum absolute atomic E-state index is 0.0381. The largest absolute Gasteiger partial charge is 0.489 e. The zero-order chi connectivity index (χ0) is 25.0. The monoisotopic (exact) mass is 483 g/mol. The van der Waals surface area contributed by atoms with Crippen LogP contribution in [0.1, 0.15) is 75.3 Å². The number of carbonyl (C=O) groups is 2. The third kappa shape index (κ3) is 14.2. The minimum atomic E-state index is -0.188. The molecule has 2 rings (SSSR count). The number of unbranched alkanes of at least 4 members (excludes halogenated alkanes) is 7. The maximum Gasteiger partial charge on any atom is 0.307 e. The maximum absolute atomic E-state index is 12.1. The van der Waals surface area contributed by atoms with E-state index in [9.17, 15) is 9.59 Å². The highest BCUT2D eigenvalue weighted by molar-refractivity contribution is 5.75. The summed E-state index contributed by atoms with van der Waals surface area (Å²) in [6.07, 6.45) is 10.5. The van der Waals surface area contributed by atoms with Crippen LogP contribution in [0, 0.1) is 0 Å². The highest BCUT2D eigenvalue weighted by atomic mass is 16.7. The van der Waals surface area contributed by atoms with E-state index in [0.717, 1.165) is 56.3 Å². The van der Waals surface area contributed by atoms with Crippen molar-refractivity contribution in [2.75, 3.05) is 20.4 Å². The predicted molar refractivity (Wildman–Crippen MR) is 138 cm³/mol. The number of benzene rings is 2. The predicted octanol–water partition coefficient (Wildman–Crippen LogP) is 5.97. The van der Waals surface area contributed by atoms with Gasteiger partial charge >= 0.3 is 5.97 Å². The molecular weight excluding hydrogens is 442 g/mol. The highest BCUT2D eigenvalue weighted by Crippen LogP contribution is 2.15. The van der Waals surface area contributed by atoms with Crippen molar-refractivity contribution in [3.63, 3.8) is 0 Å². The summed E-state index contributed by atoms with van der Waals surface area (Å²) >= 11 is 0. The van der Waals surface area contributed by atoms with Crippen molar-refractivity contribution in [3.05, 3.63) is 65.7 Å². The average Bonchev–Trinajstić information content (AvgIpc) is 2.88. The summed E-state index contributed by atoms with van der Waals surface area (Å²) < 4.78 is 15.4. The lowest BCUT2D eigenvalue weighted by molar-refractivity contribution is -0.154. The number of hydrogen-bond acceptors (Lipinski definition) is 5. The van der Waals surface area contributed by atoms with Crippen LogP contribution in [0.25, 0.3) is 0 Å². The molecule has 0 fully saturated rings. The minimum Gasteiger partial charge on any atom is -0.489 e. The number of amides is 1. The first-order valence-electron chi connectivity index (χ1n) is 12.8. The summed E-state index contributed by atoms with van der Waals surface area (Å²) in [5.74, 6) is 0.796. The van der Waals surface area contributed by atoms with Crippen molar-refractivity contribution in [1.29, 1.82) is 0 Å². The summed E-state index contributed by atoms with van der Waals surface area (Å²) in [5.41, 5.74) is 2.33. The molecule has 0 aliphatic rings. The van der Waals surface area contributed by atoms with Gasteiger partial charge in [-0.25, -0.2) is 0 Å². The summed E-state index contributed by atoms with van der Waals surface area (Å²) in [6.45, 7) is 1.25. The van der Waals surface area contributed by atoms with Crippen LogP contribution in [0.5, 0.6) is 5.75 Å². The van der Waals surface area contributed by atoms with E-state index in [1.807, 2.05) is 42.5 Å². The molecule has 192 valence electrons. The van der Waals surface area contributed by atoms with Crippen LogP contribution in [0.2, 0.25) is 0 Å². The van der Waals surface area contributed by atoms with E-state index in [0.29, 0.717) is 26.0 Å². The Morgan fingerprint density at radius 1 is 0.743 bits per heavy atom. The highest BCUT2D eigenvalue weighted by Gasteiger charge is 2.03. The first-order chi connectivity index (χ1) is 17.2. The molecule has 0 radical (unpaired) electrons. The number of rotatable bonds is 19. The fraction of sp³-hybridized carbons (Fsp3) is 0.517. The van der Waals surface area contributed by atoms with Gasteiger partial charge in [0.25, 0.3) is 0 Å². The number of hydrogen-bond donors (Lipinski definition) is 1. The molecule has 2 aromatic rings. The molecule has 0 bridgehead atoms. The van der Waals surface area contributed by atoms with Crippen LogP contribution in [0.15, 0.2) is 54.6 Å². The fourth-order valence-corrected chi connectivity index (χ4v) is 3.74. The van der Waals surface area contributed by atoms with Crippen molar-refractivity contribution in [1.82, 2.24) is 5.32 Å². The van der Waals surface area contributed by atoms with Crippen molar-refractivity contribution < 1.29 is 23.8 Å². The molecule has 2 aromatic carbocycles. The first-order valence-corrected chi connectivity index (χ1v) is 12.8. The molecule has 0 saturated carbocycles. The molecule has 0 heterocycles. The average molecular weight is 484 g/mol. The number of ether oxygens (including phenoxy) is 3. The van der Waals surface area contributed by atoms with Crippen molar-refractivity contribution in [2.24, 2.45) is 0 Å². The molecule has 1 amide bonds. The lowest BCUT2D eigenvalue weighted by Crippen LogP contribution is -2.25. The van der Waals surface area contributed by atoms with E-state index in [2.05, 4.69) is 17.4 Å². The van der Waals surface area contributed by atoms with Gasteiger partial charge in [-0.3, -0.25) is 9.59 Å². The van der Waals surface area contributed by atoms with Crippen molar-refractivity contribution >= 4 is 11.9 Å². The van der Waals surface area contributed by atoms with E-state index in [-0.39, 0.29) is 18.7 Å². The Hall–Kier alpha value is -2.86. The second-order valence-corrected chi connectivity index (χ2v) is 8.77. The van der Waals surface area contributed by atoms with Crippen molar-refractivity contribution in [2.45, 2.75) is 77.2 Å². The van der Waals surface area contributed by atoms with Crippen LogP contribution < -0.4 is 10.1 Å². The Balaban J connectivity index is 1.41. The van der Waals surface area contributed by atoms with Gasteiger partial charge in [-0.1, -0.05) is 81.0 Å². The van der Waals surface area contributed by atoms with E-state index in [4.69, 9.17) is 14.2 Å². The summed E-state index contributed by atoms with van der Waals surface area (Å²) in [7, 11) is 1.51. The Labute approximate surface area is 210 Å². The Morgan fingerprint density at radius 3 is 2.03 bits per heavy atom. The molecular formula is C29H41NO5. The standard InChI is InChI=1S/C29H41NO5/c1-33-24-35-29(32)16-12-7-5-3-2-4-6-11-15-28(31)30-22-21-25-17-19-27(20-18-25)34-23-26-13-9-8-10-14-26/h8-10,13-14,17-20H,2-7,11-12,15-16,21-24H2,1H3,(H,30,31). The molecule has 0 atom stereocenters. The molecule has 0 aliphatic carbocycles. The normalized spacial score (nSPS) is 10.7. The summed E-state index contributed by atoms with van der Waals surface area (Å²) in [6, 6.07) is 18.2. The molecule has 6 heteroatoms. The van der Waals surface area contributed by atoms with Gasteiger partial charge < -0.3 is 19.5 Å². The van der Waals surface area contributed by atoms with E-state index in [1.165, 1.54) is 25.5 Å². The fourth-order valence-electron chi connectivity index (χ4n) is 3.74. The lowest BCUT2D eigenvalue weighted by Gasteiger charge is -2.08. The molecule has 0 aliphatic heterocycles. The molecule has 35 heavy (non-hydrogen) atoms. The van der Waals surface area contributed by atoms with Crippen LogP contribution >= 0.6 is 0 Å². The third-order valence-electron chi connectivity index (χ3n) is 5.78. The van der Waals surface area contributed by atoms with Gasteiger partial charge in [0, 0.05) is 26.5 Å². The van der Waals surface area contributed by atoms with Crippen LogP contribution in [0.4, 0.5) is 0 Å². The summed E-state index contributed by atoms with van der Waals surface area (Å²) in [4.78, 5) is 23.4. The first kappa shape index (κ1) is 28.4.